The maximum Gasteiger partial charge on any atom is 0.159 e. The molecule has 0 spiro atoms. The van der Waals surface area contributed by atoms with Crippen molar-refractivity contribution in [3.8, 4) is 0 Å². The van der Waals surface area contributed by atoms with E-state index in [9.17, 15) is 0 Å². The molecule has 3 aromatic rings. The summed E-state index contributed by atoms with van der Waals surface area (Å²) in [5.74, 6) is 2.01. The average molecular weight is 346 g/mol. The Balaban J connectivity index is 1.37. The minimum atomic E-state index is 0.917. The summed E-state index contributed by atoms with van der Waals surface area (Å²) in [6.07, 6.45) is 3.43. The van der Waals surface area contributed by atoms with Crippen LogP contribution in [0.15, 0.2) is 30.3 Å². The lowest BCUT2D eigenvalue weighted by molar-refractivity contribution is 0.635. The van der Waals surface area contributed by atoms with Gasteiger partial charge < -0.3 is 9.80 Å². The van der Waals surface area contributed by atoms with Crippen LogP contribution in [-0.4, -0.2) is 46.6 Å². The van der Waals surface area contributed by atoms with Crippen LogP contribution in [0.2, 0.25) is 0 Å². The number of fused-ring (bicyclic) bond motifs is 2. The lowest BCUT2D eigenvalue weighted by Gasteiger charge is -2.36. The summed E-state index contributed by atoms with van der Waals surface area (Å²) in [6, 6.07) is 10.6. The Labute approximate surface area is 152 Å². The minimum Gasteiger partial charge on any atom is -0.352 e. The molecule has 2 aromatic heterocycles. The molecule has 0 saturated carbocycles. The van der Waals surface area contributed by atoms with Crippen LogP contribution in [0.25, 0.3) is 10.8 Å². The fourth-order valence-corrected chi connectivity index (χ4v) is 4.08. The summed E-state index contributed by atoms with van der Waals surface area (Å²) in [7, 11) is 0. The number of piperazine rings is 1. The van der Waals surface area contributed by atoms with Crippen molar-refractivity contribution < 1.29 is 0 Å². The zero-order valence-corrected chi connectivity index (χ0v) is 15.0. The average Bonchev–Trinajstić information content (AvgIpc) is 3.17. The molecule has 0 atom stereocenters. The Morgan fingerprint density at radius 2 is 1.58 bits per heavy atom. The Morgan fingerprint density at radius 3 is 2.42 bits per heavy atom. The molecule has 1 aromatic carbocycles. The molecule has 0 N–H and O–H groups in total. The molecule has 6 heteroatoms. The second-order valence-corrected chi connectivity index (χ2v) is 7.16. The molecule has 0 unspecified atom stereocenters. The number of anilines is 2. The van der Waals surface area contributed by atoms with E-state index in [1.807, 2.05) is 6.92 Å². The van der Waals surface area contributed by atoms with Gasteiger partial charge in [0.2, 0.25) is 0 Å². The van der Waals surface area contributed by atoms with Crippen LogP contribution in [0.5, 0.6) is 0 Å². The Morgan fingerprint density at radius 1 is 0.808 bits per heavy atom. The van der Waals surface area contributed by atoms with E-state index in [0.29, 0.717) is 0 Å². The standard InChI is InChI=1S/C20H22N6/c1-14-16-6-2-3-7-17(16)20(24-21-14)26-11-9-25(10-12-26)19-13-15-5-4-8-18(15)22-23-19/h2-3,6-7,13H,4-5,8-12H2,1H3. The van der Waals surface area contributed by atoms with Gasteiger partial charge >= 0.3 is 0 Å². The zero-order valence-electron chi connectivity index (χ0n) is 15.0. The number of benzene rings is 1. The van der Waals surface area contributed by atoms with Crippen LogP contribution >= 0.6 is 0 Å². The van der Waals surface area contributed by atoms with E-state index in [1.54, 1.807) is 0 Å². The fourth-order valence-electron chi connectivity index (χ4n) is 4.08. The third kappa shape index (κ3) is 2.57. The second-order valence-electron chi connectivity index (χ2n) is 7.16. The zero-order chi connectivity index (χ0) is 17.5. The molecule has 5 rings (SSSR count). The molecule has 1 aliphatic carbocycles. The molecule has 1 aliphatic heterocycles. The first-order valence-corrected chi connectivity index (χ1v) is 9.37. The van der Waals surface area contributed by atoms with Crippen LogP contribution in [0.3, 0.4) is 0 Å². The van der Waals surface area contributed by atoms with Gasteiger partial charge in [-0.25, -0.2) is 0 Å². The van der Waals surface area contributed by atoms with Gasteiger partial charge in [0.25, 0.3) is 0 Å². The Hall–Kier alpha value is -2.76. The van der Waals surface area contributed by atoms with Crippen molar-refractivity contribution >= 4 is 22.4 Å². The van der Waals surface area contributed by atoms with Crippen molar-refractivity contribution in [1.29, 1.82) is 0 Å². The van der Waals surface area contributed by atoms with Crippen LogP contribution in [0.1, 0.15) is 23.4 Å². The quantitative estimate of drug-likeness (QED) is 0.711. The van der Waals surface area contributed by atoms with Gasteiger partial charge in [-0.05, 0) is 37.8 Å². The molecule has 0 bridgehead atoms. The Bertz CT molecular complexity index is 962. The third-order valence-corrected chi connectivity index (χ3v) is 5.56. The number of hydrogen-bond donors (Lipinski definition) is 0. The summed E-state index contributed by atoms with van der Waals surface area (Å²) in [6.45, 7) is 5.71. The molecular weight excluding hydrogens is 324 g/mol. The van der Waals surface area contributed by atoms with Crippen molar-refractivity contribution in [2.24, 2.45) is 0 Å². The highest BCUT2D eigenvalue weighted by atomic mass is 15.3. The van der Waals surface area contributed by atoms with Crippen LogP contribution in [-0.2, 0) is 12.8 Å². The summed E-state index contributed by atoms with van der Waals surface area (Å²) in [5, 5.41) is 20.1. The van der Waals surface area contributed by atoms with Gasteiger partial charge in [0.05, 0.1) is 11.4 Å². The topological polar surface area (TPSA) is 58.0 Å². The van der Waals surface area contributed by atoms with Gasteiger partial charge in [0.15, 0.2) is 11.6 Å². The van der Waals surface area contributed by atoms with E-state index < -0.39 is 0 Å². The lowest BCUT2D eigenvalue weighted by atomic mass is 10.1. The lowest BCUT2D eigenvalue weighted by Crippen LogP contribution is -2.47. The summed E-state index contributed by atoms with van der Waals surface area (Å²) < 4.78 is 0. The second kappa shape index (κ2) is 6.20. The van der Waals surface area contributed by atoms with Crippen molar-refractivity contribution in [2.75, 3.05) is 36.0 Å². The highest BCUT2D eigenvalue weighted by Gasteiger charge is 2.23. The molecule has 132 valence electrons. The van der Waals surface area contributed by atoms with E-state index in [-0.39, 0.29) is 0 Å². The van der Waals surface area contributed by atoms with Gasteiger partial charge in [-0.3, -0.25) is 0 Å². The first-order chi connectivity index (χ1) is 12.8. The highest BCUT2D eigenvalue weighted by molar-refractivity contribution is 5.93. The number of hydrogen-bond acceptors (Lipinski definition) is 6. The number of aromatic nitrogens is 4. The van der Waals surface area contributed by atoms with Crippen molar-refractivity contribution in [3.63, 3.8) is 0 Å². The first-order valence-electron chi connectivity index (χ1n) is 9.37. The first kappa shape index (κ1) is 15.5. The van der Waals surface area contributed by atoms with Gasteiger partial charge in [-0.1, -0.05) is 24.3 Å². The molecular formula is C20H22N6. The predicted molar refractivity (Wildman–Crippen MR) is 103 cm³/mol. The predicted octanol–water partition coefficient (Wildman–Crippen LogP) is 2.54. The molecule has 2 aliphatic rings. The molecule has 6 nitrogen and oxygen atoms in total. The van der Waals surface area contributed by atoms with Crippen molar-refractivity contribution in [1.82, 2.24) is 20.4 Å². The molecule has 26 heavy (non-hydrogen) atoms. The fraction of sp³-hybridized carbons (Fsp3) is 0.400. The molecule has 0 amide bonds. The largest absolute Gasteiger partial charge is 0.352 e. The minimum absolute atomic E-state index is 0.917. The van der Waals surface area contributed by atoms with E-state index in [0.717, 1.165) is 56.4 Å². The van der Waals surface area contributed by atoms with Crippen LogP contribution in [0.4, 0.5) is 11.6 Å². The van der Waals surface area contributed by atoms with Gasteiger partial charge in [-0.2, -0.15) is 10.2 Å². The Kier molecular flexibility index (Phi) is 3.69. The molecule has 1 fully saturated rings. The maximum atomic E-state index is 4.50. The van der Waals surface area contributed by atoms with Gasteiger partial charge in [0, 0.05) is 37.0 Å². The molecule has 1 saturated heterocycles. The van der Waals surface area contributed by atoms with E-state index in [2.05, 4.69) is 60.5 Å². The number of rotatable bonds is 2. The SMILES string of the molecule is Cc1nnc(N2CCN(c3cc4c(nn3)CCC4)CC2)c2ccccc12. The third-order valence-electron chi connectivity index (χ3n) is 5.56. The van der Waals surface area contributed by atoms with Crippen molar-refractivity contribution in [3.05, 3.63) is 47.3 Å². The van der Waals surface area contributed by atoms with E-state index >= 15 is 0 Å². The maximum absolute atomic E-state index is 4.50. The van der Waals surface area contributed by atoms with Crippen molar-refractivity contribution in [2.45, 2.75) is 26.2 Å². The summed E-state index contributed by atoms with van der Waals surface area (Å²) in [5.41, 5.74) is 3.55. The summed E-state index contributed by atoms with van der Waals surface area (Å²) in [4.78, 5) is 4.68. The smallest absolute Gasteiger partial charge is 0.159 e. The summed E-state index contributed by atoms with van der Waals surface area (Å²) >= 11 is 0. The number of aryl methyl sites for hydroxylation is 3. The normalized spacial score (nSPS) is 17.0. The number of nitrogens with zero attached hydrogens (tertiary/aromatic N) is 6. The van der Waals surface area contributed by atoms with Crippen LogP contribution in [0, 0.1) is 6.92 Å². The van der Waals surface area contributed by atoms with Gasteiger partial charge in [0.1, 0.15) is 0 Å². The van der Waals surface area contributed by atoms with E-state index in [4.69, 9.17) is 0 Å². The van der Waals surface area contributed by atoms with Gasteiger partial charge in [-0.15, -0.1) is 10.2 Å². The molecule has 0 radical (unpaired) electrons. The monoisotopic (exact) mass is 346 g/mol. The van der Waals surface area contributed by atoms with E-state index in [1.165, 1.54) is 28.5 Å². The van der Waals surface area contributed by atoms with Crippen LogP contribution < -0.4 is 9.80 Å². The molecule has 3 heterocycles. The highest BCUT2D eigenvalue weighted by Crippen LogP contribution is 2.28.